The number of ether oxygens (including phenoxy) is 1. The second-order valence-corrected chi connectivity index (χ2v) is 9.09. The molecule has 34 heavy (non-hydrogen) atoms. The van der Waals surface area contributed by atoms with Gasteiger partial charge in [-0.3, -0.25) is 4.90 Å². The van der Waals surface area contributed by atoms with Crippen LogP contribution >= 0.6 is 0 Å². The van der Waals surface area contributed by atoms with Gasteiger partial charge in [-0.05, 0) is 53.8 Å². The van der Waals surface area contributed by atoms with E-state index in [0.717, 1.165) is 30.7 Å². The van der Waals surface area contributed by atoms with Gasteiger partial charge in [-0.2, -0.15) is 0 Å². The van der Waals surface area contributed by atoms with Crippen molar-refractivity contribution in [3.8, 4) is 5.75 Å². The van der Waals surface area contributed by atoms with Gasteiger partial charge in [0.05, 0.1) is 12.6 Å². The Morgan fingerprint density at radius 1 is 0.706 bits per heavy atom. The zero-order chi connectivity index (χ0) is 23.4. The lowest BCUT2D eigenvalue weighted by atomic mass is 9.73. The number of hydrogen-bond acceptors (Lipinski definition) is 3. The molecule has 0 amide bonds. The molecule has 0 aliphatic carbocycles. The van der Waals surface area contributed by atoms with Gasteiger partial charge >= 0.3 is 0 Å². The van der Waals surface area contributed by atoms with E-state index < -0.39 is 11.1 Å². The first-order valence-corrected chi connectivity index (χ1v) is 12.0. The Kier molecular flexibility index (Phi) is 6.23. The molecular formula is C31H31NO2. The molecule has 1 fully saturated rings. The van der Waals surface area contributed by atoms with E-state index in [-0.39, 0.29) is 0 Å². The summed E-state index contributed by atoms with van der Waals surface area (Å²) in [5.41, 5.74) is 3.06. The maximum atomic E-state index is 12.0. The SMILES string of the molecule is COc1ccc(C2(O)CCCN(C(c3ccccc3)(c3ccccc3)c3ccccc3)C2)cc1. The molecule has 0 radical (unpaired) electrons. The second kappa shape index (κ2) is 9.46. The minimum Gasteiger partial charge on any atom is -0.497 e. The number of rotatable bonds is 6. The average molecular weight is 450 g/mol. The predicted octanol–water partition coefficient (Wildman–Crippen LogP) is 5.97. The van der Waals surface area contributed by atoms with Crippen LogP contribution in [-0.2, 0) is 11.1 Å². The zero-order valence-corrected chi connectivity index (χ0v) is 19.6. The van der Waals surface area contributed by atoms with E-state index in [4.69, 9.17) is 4.74 Å². The Bertz CT molecular complexity index is 1100. The van der Waals surface area contributed by atoms with Crippen molar-refractivity contribution in [2.45, 2.75) is 24.0 Å². The highest BCUT2D eigenvalue weighted by Crippen LogP contribution is 2.46. The Balaban J connectivity index is 1.69. The molecule has 0 spiro atoms. The van der Waals surface area contributed by atoms with Crippen LogP contribution in [0.4, 0.5) is 0 Å². The molecular weight excluding hydrogens is 418 g/mol. The molecule has 0 bridgehead atoms. The molecule has 1 N–H and O–H groups in total. The molecule has 5 rings (SSSR count). The number of methoxy groups -OCH3 is 1. The summed E-state index contributed by atoms with van der Waals surface area (Å²) in [4.78, 5) is 2.47. The predicted molar refractivity (Wildman–Crippen MR) is 137 cm³/mol. The molecule has 1 heterocycles. The summed E-state index contributed by atoms with van der Waals surface area (Å²) in [7, 11) is 1.67. The summed E-state index contributed by atoms with van der Waals surface area (Å²) in [6, 6.07) is 40.0. The monoisotopic (exact) mass is 449 g/mol. The highest BCUT2D eigenvalue weighted by molar-refractivity contribution is 5.50. The van der Waals surface area contributed by atoms with E-state index in [1.54, 1.807) is 7.11 Å². The summed E-state index contributed by atoms with van der Waals surface area (Å²) in [5.74, 6) is 0.798. The van der Waals surface area contributed by atoms with Crippen molar-refractivity contribution in [3.05, 3.63) is 138 Å². The number of aliphatic hydroxyl groups is 1. The van der Waals surface area contributed by atoms with Crippen LogP contribution in [0.3, 0.4) is 0 Å². The third-order valence-electron chi connectivity index (χ3n) is 7.15. The van der Waals surface area contributed by atoms with Crippen molar-refractivity contribution in [2.75, 3.05) is 20.2 Å². The van der Waals surface area contributed by atoms with E-state index in [2.05, 4.69) is 95.9 Å². The van der Waals surface area contributed by atoms with Crippen LogP contribution in [0.2, 0.25) is 0 Å². The van der Waals surface area contributed by atoms with E-state index in [1.165, 1.54) is 16.7 Å². The smallest absolute Gasteiger partial charge is 0.118 e. The lowest BCUT2D eigenvalue weighted by molar-refractivity contribution is -0.0582. The molecule has 0 aromatic heterocycles. The topological polar surface area (TPSA) is 32.7 Å². The summed E-state index contributed by atoms with van der Waals surface area (Å²) in [6.45, 7) is 1.41. The molecule has 0 saturated carbocycles. The largest absolute Gasteiger partial charge is 0.497 e. The summed E-state index contributed by atoms with van der Waals surface area (Å²) in [5, 5.41) is 12.0. The Labute approximate surface area is 202 Å². The van der Waals surface area contributed by atoms with Gasteiger partial charge in [-0.15, -0.1) is 0 Å². The summed E-state index contributed by atoms with van der Waals surface area (Å²) >= 11 is 0. The molecule has 1 atom stereocenters. The van der Waals surface area contributed by atoms with Crippen LogP contribution < -0.4 is 4.74 Å². The molecule has 1 unspecified atom stereocenters. The van der Waals surface area contributed by atoms with Crippen LogP contribution in [-0.4, -0.2) is 30.2 Å². The number of benzene rings is 4. The van der Waals surface area contributed by atoms with Crippen LogP contribution in [0.25, 0.3) is 0 Å². The summed E-state index contributed by atoms with van der Waals surface area (Å²) < 4.78 is 5.35. The van der Waals surface area contributed by atoms with Crippen molar-refractivity contribution in [1.29, 1.82) is 0 Å². The molecule has 3 nitrogen and oxygen atoms in total. The molecule has 1 aliphatic rings. The van der Waals surface area contributed by atoms with Gasteiger partial charge in [-0.25, -0.2) is 0 Å². The quantitative estimate of drug-likeness (QED) is 0.368. The average Bonchev–Trinajstić information content (AvgIpc) is 2.91. The van der Waals surface area contributed by atoms with Gasteiger partial charge in [0.1, 0.15) is 11.4 Å². The van der Waals surface area contributed by atoms with Crippen LogP contribution in [0.5, 0.6) is 5.75 Å². The number of β-amino-alcohol motifs (C(OH)–C–C–N with tert-alkyl or cyclic N) is 1. The fourth-order valence-corrected chi connectivity index (χ4v) is 5.55. The fourth-order valence-electron chi connectivity index (χ4n) is 5.55. The van der Waals surface area contributed by atoms with Gasteiger partial charge in [0.25, 0.3) is 0 Å². The third kappa shape index (κ3) is 3.91. The van der Waals surface area contributed by atoms with Crippen molar-refractivity contribution >= 4 is 0 Å². The molecule has 172 valence electrons. The van der Waals surface area contributed by atoms with Crippen molar-refractivity contribution in [3.63, 3.8) is 0 Å². The van der Waals surface area contributed by atoms with Gasteiger partial charge < -0.3 is 9.84 Å². The molecule has 1 aliphatic heterocycles. The standard InChI is InChI=1S/C31H31NO2/c1-34-29-20-18-25(19-21-29)30(33)22-11-23-32(24-30)31(26-12-5-2-6-13-26,27-14-7-3-8-15-27)28-16-9-4-10-17-28/h2-10,12-21,33H,11,22-24H2,1H3. The normalized spacial score (nSPS) is 19.0. The minimum absolute atomic E-state index is 0.523. The number of nitrogens with zero attached hydrogens (tertiary/aromatic N) is 1. The van der Waals surface area contributed by atoms with E-state index in [9.17, 15) is 5.11 Å². The first-order valence-electron chi connectivity index (χ1n) is 12.0. The van der Waals surface area contributed by atoms with Crippen molar-refractivity contribution in [1.82, 2.24) is 4.90 Å². The Morgan fingerprint density at radius 3 is 1.62 bits per heavy atom. The molecule has 3 heteroatoms. The summed E-state index contributed by atoms with van der Waals surface area (Å²) in [6.07, 6.45) is 1.63. The first kappa shape index (κ1) is 22.4. The Hall–Kier alpha value is -3.40. The van der Waals surface area contributed by atoms with Crippen LogP contribution in [0.15, 0.2) is 115 Å². The van der Waals surface area contributed by atoms with Crippen LogP contribution in [0.1, 0.15) is 35.1 Å². The third-order valence-corrected chi connectivity index (χ3v) is 7.15. The zero-order valence-electron chi connectivity index (χ0n) is 19.6. The number of hydrogen-bond donors (Lipinski definition) is 1. The molecule has 1 saturated heterocycles. The second-order valence-electron chi connectivity index (χ2n) is 9.09. The maximum absolute atomic E-state index is 12.0. The van der Waals surface area contributed by atoms with Crippen LogP contribution in [0, 0.1) is 0 Å². The van der Waals surface area contributed by atoms with Gasteiger partial charge in [0.2, 0.25) is 0 Å². The molecule has 4 aromatic carbocycles. The van der Waals surface area contributed by atoms with Crippen molar-refractivity contribution < 1.29 is 9.84 Å². The highest BCUT2D eigenvalue weighted by Gasteiger charge is 2.47. The maximum Gasteiger partial charge on any atom is 0.118 e. The van der Waals surface area contributed by atoms with Gasteiger partial charge in [0.15, 0.2) is 0 Å². The number of piperidine rings is 1. The molecule has 4 aromatic rings. The van der Waals surface area contributed by atoms with Gasteiger partial charge in [-0.1, -0.05) is 103 Å². The van der Waals surface area contributed by atoms with E-state index >= 15 is 0 Å². The fraction of sp³-hybridized carbons (Fsp3) is 0.226. The lowest BCUT2D eigenvalue weighted by Crippen LogP contribution is -2.56. The van der Waals surface area contributed by atoms with Crippen molar-refractivity contribution in [2.24, 2.45) is 0 Å². The van der Waals surface area contributed by atoms with Gasteiger partial charge in [0, 0.05) is 6.54 Å². The Morgan fingerprint density at radius 2 is 1.18 bits per heavy atom. The first-order chi connectivity index (χ1) is 16.7. The lowest BCUT2D eigenvalue weighted by Gasteiger charge is -2.51. The number of likely N-dealkylation sites (tertiary alicyclic amines) is 1. The van der Waals surface area contributed by atoms with E-state index in [1.807, 2.05) is 24.3 Å². The minimum atomic E-state index is -0.950. The highest BCUT2D eigenvalue weighted by atomic mass is 16.5. The van der Waals surface area contributed by atoms with E-state index in [0.29, 0.717) is 6.54 Å².